The Hall–Kier alpha value is -9.26. The third-order valence-electron chi connectivity index (χ3n) is 18.8. The zero-order chi connectivity index (χ0) is 74.6. The summed E-state index contributed by atoms with van der Waals surface area (Å²) in [6.07, 6.45) is 16.4. The average molecular weight is 1560 g/mol. The van der Waals surface area contributed by atoms with Gasteiger partial charge >= 0.3 is 0 Å². The van der Waals surface area contributed by atoms with E-state index in [0.717, 1.165) is 121 Å². The van der Waals surface area contributed by atoms with E-state index in [0.29, 0.717) is 147 Å². The number of hydrogen-bond donors (Lipinski definition) is 4. The highest BCUT2D eigenvalue weighted by molar-refractivity contribution is 6.43. The summed E-state index contributed by atoms with van der Waals surface area (Å²) in [6.45, 7) is 14.5. The number of nitrogens with one attached hydrogen (secondary N) is 4. The maximum Gasteiger partial charge on any atom is 0.246 e. The Morgan fingerprint density at radius 3 is 1.02 bits per heavy atom. The number of fused-ring (bicyclic) bond motifs is 9. The van der Waals surface area contributed by atoms with Gasteiger partial charge in [-0.15, -0.1) is 0 Å². The van der Waals surface area contributed by atoms with Crippen molar-refractivity contribution >= 4 is 143 Å². The van der Waals surface area contributed by atoms with Gasteiger partial charge in [-0.25, -0.2) is 29.9 Å². The average Bonchev–Trinajstić information content (AvgIpc) is 1.51. The number of methoxy groups -OCH3 is 6. The first kappa shape index (κ1) is 75.0. The van der Waals surface area contributed by atoms with Crippen LogP contribution in [-0.4, -0.2) is 213 Å². The molecule has 106 heavy (non-hydrogen) atoms. The van der Waals surface area contributed by atoms with Crippen molar-refractivity contribution in [3.8, 4) is 67.9 Å². The topological polar surface area (TPSA) is 263 Å². The molecule has 3 aromatic carbocycles. The first-order valence-electron chi connectivity index (χ1n) is 34.1. The third kappa shape index (κ3) is 15.0. The maximum atomic E-state index is 12.0. The van der Waals surface area contributed by atoms with E-state index in [9.17, 15) is 4.79 Å². The molecular formula is C73H78Cl6N20O7. The lowest BCUT2D eigenvalue weighted by Crippen LogP contribution is -2.47. The van der Waals surface area contributed by atoms with Crippen LogP contribution in [0, 0.1) is 0 Å². The van der Waals surface area contributed by atoms with Crippen LogP contribution in [0.1, 0.15) is 36.3 Å². The fraction of sp³-hybridized carbons (Fsp3) is 0.342. The molecule has 0 aliphatic carbocycles. The Morgan fingerprint density at radius 1 is 0.425 bits per heavy atom. The summed E-state index contributed by atoms with van der Waals surface area (Å²) < 4.78 is 38.9. The lowest BCUT2D eigenvalue weighted by atomic mass is 10.0. The van der Waals surface area contributed by atoms with Crippen molar-refractivity contribution < 1.29 is 33.2 Å². The van der Waals surface area contributed by atoms with E-state index in [-0.39, 0.29) is 5.91 Å². The molecule has 0 unspecified atom stereocenters. The number of rotatable bonds is 19. The van der Waals surface area contributed by atoms with Gasteiger partial charge in [0.05, 0.1) is 89.9 Å². The minimum Gasteiger partial charge on any atom is -0.495 e. The SMILES string of the molecule is C=CC(=O)N1CCN(Cc2cn3c(n2)c(-c2c(Cl)c(OC)cc(OC)c2Cl)cc2cnc(NC)nc23)CC1.CNc1ncc2cc(-c3c(Cl)c(OC)cc(OC)c3Cl)c3nc(CN4CCCCC4)cn3c2n1.CNc1ncc2cc(-c3c(Cl)c(OC)cc(OC)c3Cl)c3nc(CN4CCNCC4)cn3c2n1. The van der Waals surface area contributed by atoms with Gasteiger partial charge in [-0.05, 0) is 50.2 Å². The highest BCUT2D eigenvalue weighted by atomic mass is 35.5. The van der Waals surface area contributed by atoms with Crippen LogP contribution < -0.4 is 49.7 Å². The van der Waals surface area contributed by atoms with Crippen molar-refractivity contribution in [2.75, 3.05) is 145 Å². The lowest BCUT2D eigenvalue weighted by Gasteiger charge is -2.33. The zero-order valence-electron chi connectivity index (χ0n) is 59.8. The van der Waals surface area contributed by atoms with Crippen LogP contribution in [0.15, 0.2) is 86.2 Å². The van der Waals surface area contributed by atoms with E-state index < -0.39 is 0 Å². The molecule has 0 spiro atoms. The number of carbonyl (C=O) groups is 1. The van der Waals surface area contributed by atoms with Gasteiger partial charge in [-0.1, -0.05) is 82.6 Å². The van der Waals surface area contributed by atoms with Crippen LogP contribution in [0.2, 0.25) is 30.1 Å². The molecule has 9 aromatic heterocycles. The minimum atomic E-state index is -0.0454. The summed E-state index contributed by atoms with van der Waals surface area (Å²) in [5.74, 6) is 4.24. The molecule has 12 heterocycles. The van der Waals surface area contributed by atoms with E-state index in [1.807, 2.05) is 50.0 Å². The molecule has 12 aromatic rings. The Balaban J connectivity index is 0.000000141. The Bertz CT molecular complexity index is 5020. The molecule has 554 valence electrons. The third-order valence-corrected chi connectivity index (χ3v) is 21.1. The van der Waals surface area contributed by atoms with Crippen molar-refractivity contribution in [3.63, 3.8) is 0 Å². The number of likely N-dealkylation sites (tertiary alicyclic amines) is 1. The Kier molecular flexibility index (Phi) is 23.2. The van der Waals surface area contributed by atoms with Crippen molar-refractivity contribution in [1.29, 1.82) is 0 Å². The number of imidazole rings is 3. The van der Waals surface area contributed by atoms with Gasteiger partial charge in [-0.3, -0.25) is 32.7 Å². The van der Waals surface area contributed by atoms with Gasteiger partial charge in [0.1, 0.15) is 51.4 Å². The number of amides is 1. The number of halogens is 6. The van der Waals surface area contributed by atoms with Gasteiger partial charge in [0, 0.05) is 198 Å². The van der Waals surface area contributed by atoms with E-state index in [2.05, 4.69) is 62.5 Å². The number of nitrogens with zero attached hydrogens (tertiary/aromatic N) is 16. The number of piperazine rings is 2. The molecule has 27 nitrogen and oxygen atoms in total. The monoisotopic (exact) mass is 1560 g/mol. The number of hydrogen-bond acceptors (Lipinski definition) is 23. The van der Waals surface area contributed by atoms with E-state index in [1.165, 1.54) is 39.6 Å². The van der Waals surface area contributed by atoms with Crippen LogP contribution in [0.5, 0.6) is 34.5 Å². The predicted octanol–water partition coefficient (Wildman–Crippen LogP) is 13.2. The van der Waals surface area contributed by atoms with E-state index >= 15 is 0 Å². The largest absolute Gasteiger partial charge is 0.495 e. The minimum absolute atomic E-state index is 0.0454. The first-order chi connectivity index (χ1) is 51.4. The first-order valence-corrected chi connectivity index (χ1v) is 36.4. The Morgan fingerprint density at radius 2 is 0.726 bits per heavy atom. The fourth-order valence-electron chi connectivity index (χ4n) is 13.5. The normalized spacial score (nSPS) is 14.5. The van der Waals surface area contributed by atoms with Crippen LogP contribution in [-0.2, 0) is 24.4 Å². The molecule has 15 rings (SSSR count). The molecule has 0 bridgehead atoms. The highest BCUT2D eigenvalue weighted by Gasteiger charge is 2.29. The molecule has 3 saturated heterocycles. The van der Waals surface area contributed by atoms with Crippen molar-refractivity contribution in [3.05, 3.63) is 133 Å². The molecule has 3 aliphatic heterocycles. The summed E-state index contributed by atoms with van der Waals surface area (Å²) in [5, 5.41) is 17.1. The molecule has 1 amide bonds. The number of piperidine rings is 1. The molecule has 0 saturated carbocycles. The van der Waals surface area contributed by atoms with Gasteiger partial charge < -0.3 is 54.6 Å². The summed E-state index contributed by atoms with van der Waals surface area (Å²) >= 11 is 40.7. The molecule has 3 fully saturated rings. The smallest absolute Gasteiger partial charge is 0.246 e. The zero-order valence-corrected chi connectivity index (χ0v) is 64.3. The van der Waals surface area contributed by atoms with Gasteiger partial charge in [0.25, 0.3) is 0 Å². The highest BCUT2D eigenvalue weighted by Crippen LogP contribution is 2.51. The second kappa shape index (κ2) is 32.8. The summed E-state index contributed by atoms with van der Waals surface area (Å²) in [6, 6.07) is 10.9. The quantitative estimate of drug-likeness (QED) is 0.0548. The van der Waals surface area contributed by atoms with Crippen molar-refractivity contribution in [2.24, 2.45) is 0 Å². The summed E-state index contributed by atoms with van der Waals surface area (Å²) in [4.78, 5) is 63.1. The van der Waals surface area contributed by atoms with Crippen LogP contribution in [0.25, 0.3) is 83.4 Å². The molecule has 33 heteroatoms. The molecule has 3 aliphatic rings. The second-order valence-electron chi connectivity index (χ2n) is 25.1. The number of carbonyl (C=O) groups excluding carboxylic acids is 1. The predicted molar refractivity (Wildman–Crippen MR) is 419 cm³/mol. The van der Waals surface area contributed by atoms with Crippen LogP contribution in [0.4, 0.5) is 17.8 Å². The van der Waals surface area contributed by atoms with E-state index in [1.54, 1.807) is 91.3 Å². The Labute approximate surface area is 641 Å². The molecule has 0 radical (unpaired) electrons. The van der Waals surface area contributed by atoms with Crippen molar-refractivity contribution in [2.45, 2.75) is 38.9 Å². The van der Waals surface area contributed by atoms with Crippen LogP contribution >= 0.6 is 69.6 Å². The standard InChI is InChI=1S/C26H27Cl2N7O3.C24H26Cl2N6O2.C23H25Cl2N7O2/c1-5-20(36)34-8-6-33(7-9-34)13-16-14-35-24-15(12-30-26(29-2)32-24)10-17(25(35)31-16)21-22(27)18(37-3)11-19(38-4)23(21)28;1-27-24-28-11-14-9-16(19-20(25)17(33-2)10-18(34-3)21(19)26)23-29-15(13-32(23)22(14)30-24)12-31-7-5-4-6-8-31;1-26-23-28-10-13-8-15(18-19(24)16(33-2)9-17(34-3)20(18)25)22-29-14(12-32(22)21(13)30-23)11-31-6-4-27-5-7-31/h5,10-12,14H,1,6-9,13H2,2-4H3,(H,29,30,32);9-11,13H,4-8,12H2,1-3H3,(H,27,28,30);8-10,12,27H,4-7,11H2,1-3H3,(H,26,28,30). The van der Waals surface area contributed by atoms with E-state index in [4.69, 9.17) is 123 Å². The summed E-state index contributed by atoms with van der Waals surface area (Å²) in [7, 11) is 14.7. The maximum absolute atomic E-state index is 12.0. The second-order valence-corrected chi connectivity index (χ2v) is 27.4. The molecular weight excluding hydrogens is 1480 g/mol. The number of aromatic nitrogens is 12. The number of ether oxygens (including phenoxy) is 6. The van der Waals surface area contributed by atoms with Gasteiger partial charge in [0.2, 0.25) is 23.8 Å². The number of anilines is 3. The van der Waals surface area contributed by atoms with Crippen molar-refractivity contribution in [1.82, 2.24) is 83.0 Å². The molecule has 0 atom stereocenters. The van der Waals surface area contributed by atoms with Crippen LogP contribution in [0.3, 0.4) is 0 Å². The number of benzene rings is 3. The fourth-order valence-corrected chi connectivity index (χ4v) is 15.6. The van der Waals surface area contributed by atoms with Gasteiger partial charge in [-0.2, -0.15) is 15.0 Å². The summed E-state index contributed by atoms with van der Waals surface area (Å²) in [5.41, 5.74) is 10.9. The number of pyridine rings is 3. The lowest BCUT2D eigenvalue weighted by molar-refractivity contribution is -0.127. The molecule has 4 N–H and O–H groups in total. The van der Waals surface area contributed by atoms with Gasteiger partial charge in [0.15, 0.2) is 16.9 Å².